The predicted octanol–water partition coefficient (Wildman–Crippen LogP) is 2.37. The van der Waals surface area contributed by atoms with Gasteiger partial charge in [-0.1, -0.05) is 0 Å². The zero-order valence-electron chi connectivity index (χ0n) is 12.5. The number of aromatic nitrogens is 1. The third-order valence-corrected chi connectivity index (χ3v) is 3.09. The number of pyridine rings is 1. The number of hydrogen-bond donors (Lipinski definition) is 1. The van der Waals surface area contributed by atoms with E-state index in [0.717, 1.165) is 5.56 Å². The Morgan fingerprint density at radius 3 is 1.90 bits per heavy atom. The van der Waals surface area contributed by atoms with Gasteiger partial charge in [0, 0.05) is 5.56 Å². The molecule has 0 saturated heterocycles. The van der Waals surface area contributed by atoms with Gasteiger partial charge in [0.1, 0.15) is 0 Å². The molecule has 2 aromatic rings. The number of hydrogen-bond acceptors (Lipinski definition) is 6. The smallest absolute Gasteiger partial charge is 0.203 e. The molecule has 1 aromatic heterocycles. The molecule has 0 fully saturated rings. The minimum atomic E-state index is 0.312. The van der Waals surface area contributed by atoms with Crippen molar-refractivity contribution in [1.82, 2.24) is 4.98 Å². The highest BCUT2D eigenvalue weighted by Crippen LogP contribution is 2.44. The fourth-order valence-electron chi connectivity index (χ4n) is 2.09. The van der Waals surface area contributed by atoms with Crippen molar-refractivity contribution >= 4 is 5.82 Å². The highest BCUT2D eigenvalue weighted by molar-refractivity contribution is 5.75. The summed E-state index contributed by atoms with van der Waals surface area (Å²) >= 11 is 0. The lowest BCUT2D eigenvalue weighted by molar-refractivity contribution is 0.325. The molecule has 0 bridgehead atoms. The van der Waals surface area contributed by atoms with E-state index in [1.165, 1.54) is 0 Å². The van der Waals surface area contributed by atoms with Crippen LogP contribution in [-0.4, -0.2) is 33.4 Å². The first-order chi connectivity index (χ1) is 10.2. The topological polar surface area (TPSA) is 75.8 Å². The molecule has 0 atom stereocenters. The molecule has 0 aliphatic rings. The van der Waals surface area contributed by atoms with Crippen LogP contribution >= 0.6 is 0 Å². The third kappa shape index (κ3) is 2.65. The molecular formula is C15H18N2O4. The summed E-state index contributed by atoms with van der Waals surface area (Å²) in [4.78, 5) is 4.33. The average molecular weight is 290 g/mol. The van der Waals surface area contributed by atoms with Crippen molar-refractivity contribution in [2.45, 2.75) is 0 Å². The first kappa shape index (κ1) is 14.8. The van der Waals surface area contributed by atoms with Crippen molar-refractivity contribution < 1.29 is 18.9 Å². The Labute approximate surface area is 123 Å². The van der Waals surface area contributed by atoms with E-state index < -0.39 is 0 Å². The highest BCUT2D eigenvalue weighted by atomic mass is 16.5. The van der Waals surface area contributed by atoms with Crippen molar-refractivity contribution in [2.75, 3.05) is 34.2 Å². The van der Waals surface area contributed by atoms with Gasteiger partial charge in [0.05, 0.1) is 34.1 Å². The van der Waals surface area contributed by atoms with E-state index in [2.05, 4.69) is 4.98 Å². The lowest BCUT2D eigenvalue weighted by atomic mass is 10.1. The summed E-state index contributed by atoms with van der Waals surface area (Å²) in [6.45, 7) is 0. The van der Waals surface area contributed by atoms with Gasteiger partial charge >= 0.3 is 0 Å². The second-order valence-corrected chi connectivity index (χ2v) is 4.17. The predicted molar refractivity (Wildman–Crippen MR) is 80.3 cm³/mol. The SMILES string of the molecule is COc1ccc(-c2ccc(OC)c(OC)c2OC)nc1N. The summed E-state index contributed by atoms with van der Waals surface area (Å²) in [5.41, 5.74) is 7.27. The number of rotatable bonds is 5. The lowest BCUT2D eigenvalue weighted by Crippen LogP contribution is -2.00. The Hall–Kier alpha value is -2.63. The number of ether oxygens (including phenoxy) is 4. The molecule has 1 heterocycles. The zero-order valence-corrected chi connectivity index (χ0v) is 12.5. The maximum atomic E-state index is 5.85. The van der Waals surface area contributed by atoms with Crippen LogP contribution in [0.3, 0.4) is 0 Å². The monoisotopic (exact) mass is 290 g/mol. The molecule has 0 spiro atoms. The van der Waals surface area contributed by atoms with E-state index in [9.17, 15) is 0 Å². The van der Waals surface area contributed by atoms with Crippen molar-refractivity contribution in [3.05, 3.63) is 24.3 Å². The number of anilines is 1. The molecule has 0 aliphatic heterocycles. The summed E-state index contributed by atoms with van der Waals surface area (Å²) in [5, 5.41) is 0. The summed E-state index contributed by atoms with van der Waals surface area (Å²) in [6, 6.07) is 7.19. The second-order valence-electron chi connectivity index (χ2n) is 4.17. The second kappa shape index (κ2) is 6.21. The van der Waals surface area contributed by atoms with Crippen LogP contribution < -0.4 is 24.7 Å². The van der Waals surface area contributed by atoms with E-state index in [1.807, 2.05) is 6.07 Å². The van der Waals surface area contributed by atoms with Gasteiger partial charge in [-0.2, -0.15) is 0 Å². The number of nitrogens with zero attached hydrogens (tertiary/aromatic N) is 1. The Balaban J connectivity index is 2.61. The maximum absolute atomic E-state index is 5.85. The van der Waals surface area contributed by atoms with Gasteiger partial charge in [-0.15, -0.1) is 0 Å². The zero-order chi connectivity index (χ0) is 15.4. The number of nitrogen functional groups attached to an aromatic ring is 1. The molecule has 1 aromatic carbocycles. The normalized spacial score (nSPS) is 10.1. The van der Waals surface area contributed by atoms with Crippen molar-refractivity contribution in [3.63, 3.8) is 0 Å². The van der Waals surface area contributed by atoms with Crippen LogP contribution in [0.2, 0.25) is 0 Å². The number of benzene rings is 1. The molecule has 6 heteroatoms. The minimum Gasteiger partial charge on any atom is -0.493 e. The van der Waals surface area contributed by atoms with E-state index in [4.69, 9.17) is 24.7 Å². The minimum absolute atomic E-state index is 0.312. The number of methoxy groups -OCH3 is 4. The van der Waals surface area contributed by atoms with Crippen LogP contribution in [-0.2, 0) is 0 Å². The van der Waals surface area contributed by atoms with Crippen LogP contribution in [0, 0.1) is 0 Å². The van der Waals surface area contributed by atoms with E-state index in [1.54, 1.807) is 46.6 Å². The van der Waals surface area contributed by atoms with Crippen LogP contribution in [0.4, 0.5) is 5.82 Å². The number of nitrogens with two attached hydrogens (primary N) is 1. The van der Waals surface area contributed by atoms with E-state index in [0.29, 0.717) is 34.5 Å². The first-order valence-electron chi connectivity index (χ1n) is 6.26. The molecule has 0 amide bonds. The van der Waals surface area contributed by atoms with Gasteiger partial charge in [0.15, 0.2) is 23.1 Å². The molecule has 6 nitrogen and oxygen atoms in total. The van der Waals surface area contributed by atoms with Crippen LogP contribution in [0.1, 0.15) is 0 Å². The molecule has 0 aliphatic carbocycles. The van der Waals surface area contributed by atoms with Gasteiger partial charge in [-0.3, -0.25) is 0 Å². The summed E-state index contributed by atoms with van der Waals surface area (Å²) in [6.07, 6.45) is 0. The molecule has 0 saturated carbocycles. The molecular weight excluding hydrogens is 272 g/mol. The fourth-order valence-corrected chi connectivity index (χ4v) is 2.09. The van der Waals surface area contributed by atoms with Gasteiger partial charge in [-0.05, 0) is 24.3 Å². The van der Waals surface area contributed by atoms with Gasteiger partial charge in [0.25, 0.3) is 0 Å². The van der Waals surface area contributed by atoms with Crippen molar-refractivity contribution in [1.29, 1.82) is 0 Å². The molecule has 21 heavy (non-hydrogen) atoms. The van der Waals surface area contributed by atoms with E-state index >= 15 is 0 Å². The Bertz CT molecular complexity index is 644. The summed E-state index contributed by atoms with van der Waals surface area (Å²) in [5.74, 6) is 2.47. The molecule has 0 radical (unpaired) electrons. The maximum Gasteiger partial charge on any atom is 0.203 e. The van der Waals surface area contributed by atoms with Gasteiger partial charge in [-0.25, -0.2) is 4.98 Å². The molecule has 2 rings (SSSR count). The van der Waals surface area contributed by atoms with Crippen molar-refractivity contribution in [3.8, 4) is 34.3 Å². The fraction of sp³-hybridized carbons (Fsp3) is 0.267. The summed E-state index contributed by atoms with van der Waals surface area (Å²) < 4.78 is 21.2. The highest BCUT2D eigenvalue weighted by Gasteiger charge is 2.18. The molecule has 0 unspecified atom stereocenters. The van der Waals surface area contributed by atoms with Crippen LogP contribution in [0.15, 0.2) is 24.3 Å². The quantitative estimate of drug-likeness (QED) is 0.911. The average Bonchev–Trinajstić information content (AvgIpc) is 2.52. The molecule has 2 N–H and O–H groups in total. The standard InChI is InChI=1S/C15H18N2O4/c1-18-11-7-5-9(13(20-3)14(11)21-4)10-6-8-12(19-2)15(16)17-10/h5-8H,1-4H3,(H2,16,17). The Kier molecular flexibility index (Phi) is 4.37. The first-order valence-corrected chi connectivity index (χ1v) is 6.26. The summed E-state index contributed by atoms with van der Waals surface area (Å²) in [7, 11) is 6.23. The Morgan fingerprint density at radius 1 is 0.762 bits per heavy atom. The van der Waals surface area contributed by atoms with Crippen LogP contribution in [0.25, 0.3) is 11.3 Å². The largest absolute Gasteiger partial charge is 0.493 e. The van der Waals surface area contributed by atoms with Crippen LogP contribution in [0.5, 0.6) is 23.0 Å². The van der Waals surface area contributed by atoms with Gasteiger partial charge in [0.2, 0.25) is 5.75 Å². The van der Waals surface area contributed by atoms with Crippen molar-refractivity contribution in [2.24, 2.45) is 0 Å². The van der Waals surface area contributed by atoms with Gasteiger partial charge < -0.3 is 24.7 Å². The Morgan fingerprint density at radius 2 is 1.38 bits per heavy atom. The third-order valence-electron chi connectivity index (χ3n) is 3.09. The molecule has 112 valence electrons. The lowest BCUT2D eigenvalue weighted by Gasteiger charge is -2.16. The van der Waals surface area contributed by atoms with E-state index in [-0.39, 0.29) is 0 Å².